The number of carboxylic acid groups (broad SMARTS) is 1. The van der Waals surface area contributed by atoms with Gasteiger partial charge in [0.05, 0.1) is 0 Å². The summed E-state index contributed by atoms with van der Waals surface area (Å²) in [5, 5.41) is 14.7. The first-order valence-corrected chi connectivity index (χ1v) is 12.9. The van der Waals surface area contributed by atoms with Gasteiger partial charge in [-0.05, 0) is 18.3 Å². The highest BCUT2D eigenvalue weighted by Gasteiger charge is 2.21. The van der Waals surface area contributed by atoms with Crippen molar-refractivity contribution in [3.05, 3.63) is 0 Å². The Morgan fingerprint density at radius 3 is 1.62 bits per heavy atom. The summed E-state index contributed by atoms with van der Waals surface area (Å²) in [6.07, 6.45) is 16.7. The van der Waals surface area contributed by atoms with E-state index in [1.165, 1.54) is 64.2 Å². The van der Waals surface area contributed by atoms with Crippen LogP contribution in [0.3, 0.4) is 0 Å². The molecule has 0 bridgehead atoms. The van der Waals surface area contributed by atoms with Gasteiger partial charge in [-0.2, -0.15) is 0 Å². The minimum absolute atomic E-state index is 0.0238. The van der Waals surface area contributed by atoms with Crippen molar-refractivity contribution in [2.24, 2.45) is 5.41 Å². The number of amides is 2. The van der Waals surface area contributed by atoms with Crippen molar-refractivity contribution in [3.8, 4) is 0 Å². The van der Waals surface area contributed by atoms with Crippen LogP contribution >= 0.6 is 0 Å². The van der Waals surface area contributed by atoms with Crippen LogP contribution < -0.4 is 10.6 Å². The van der Waals surface area contributed by atoms with E-state index < -0.39 is 12.0 Å². The summed E-state index contributed by atoms with van der Waals surface area (Å²) in [7, 11) is 0. The predicted molar refractivity (Wildman–Crippen MR) is 132 cm³/mol. The maximum Gasteiger partial charge on any atom is 0.326 e. The molecular formula is C26H50N2O4. The molecular weight excluding hydrogens is 404 g/mol. The molecule has 1 unspecified atom stereocenters. The lowest BCUT2D eigenvalue weighted by Gasteiger charge is -2.19. The Bertz CT molecular complexity index is 514. The summed E-state index contributed by atoms with van der Waals surface area (Å²) in [5.41, 5.74) is -0.0238. The Kier molecular flexibility index (Phi) is 18.0. The van der Waals surface area contributed by atoms with Crippen LogP contribution in [0.2, 0.25) is 0 Å². The first kappa shape index (κ1) is 30.4. The molecule has 0 aliphatic rings. The van der Waals surface area contributed by atoms with Crippen molar-refractivity contribution in [1.82, 2.24) is 10.6 Å². The molecule has 0 aromatic carbocycles. The van der Waals surface area contributed by atoms with Crippen LogP contribution in [0, 0.1) is 5.41 Å². The van der Waals surface area contributed by atoms with Gasteiger partial charge in [0.15, 0.2) is 0 Å². The molecule has 0 aliphatic carbocycles. The predicted octanol–water partition coefficient (Wildman–Crippen LogP) is 5.98. The van der Waals surface area contributed by atoms with Gasteiger partial charge in [0.2, 0.25) is 11.8 Å². The number of rotatable bonds is 20. The van der Waals surface area contributed by atoms with Gasteiger partial charge in [0.25, 0.3) is 0 Å². The number of hydrogen-bond acceptors (Lipinski definition) is 3. The van der Waals surface area contributed by atoms with E-state index in [0.717, 1.165) is 19.3 Å². The second-order valence-electron chi connectivity index (χ2n) is 10.3. The molecule has 1 atom stereocenters. The molecule has 0 aromatic heterocycles. The lowest BCUT2D eigenvalue weighted by Crippen LogP contribution is -2.42. The molecule has 0 saturated heterocycles. The molecule has 0 spiro atoms. The van der Waals surface area contributed by atoms with E-state index in [0.29, 0.717) is 13.0 Å². The van der Waals surface area contributed by atoms with Crippen molar-refractivity contribution < 1.29 is 19.5 Å². The van der Waals surface area contributed by atoms with Gasteiger partial charge in [-0.1, -0.05) is 105 Å². The molecule has 188 valence electrons. The molecule has 3 N–H and O–H groups in total. The van der Waals surface area contributed by atoms with Crippen LogP contribution in [0.15, 0.2) is 0 Å². The molecule has 0 rings (SSSR count). The fourth-order valence-corrected chi connectivity index (χ4v) is 3.55. The number of aliphatic carboxylic acids is 1. The van der Waals surface area contributed by atoms with Gasteiger partial charge in [-0.15, -0.1) is 0 Å². The van der Waals surface area contributed by atoms with Crippen LogP contribution in [0.4, 0.5) is 0 Å². The summed E-state index contributed by atoms with van der Waals surface area (Å²) in [6.45, 7) is 8.84. The minimum Gasteiger partial charge on any atom is -0.480 e. The molecule has 6 heteroatoms. The zero-order valence-corrected chi connectivity index (χ0v) is 21.3. The SMILES string of the molecule is CCCCCCCCCCCCCCCC(=O)NC(CCC(=O)NCC(C)(C)C)C(=O)O. The highest BCUT2D eigenvalue weighted by molar-refractivity contribution is 5.84. The minimum atomic E-state index is -1.09. The largest absolute Gasteiger partial charge is 0.480 e. The third-order valence-corrected chi connectivity index (χ3v) is 5.62. The Morgan fingerprint density at radius 2 is 1.19 bits per heavy atom. The van der Waals surface area contributed by atoms with Gasteiger partial charge in [0, 0.05) is 19.4 Å². The second-order valence-corrected chi connectivity index (χ2v) is 10.3. The lowest BCUT2D eigenvalue weighted by atomic mass is 9.97. The smallest absolute Gasteiger partial charge is 0.326 e. The van der Waals surface area contributed by atoms with Crippen LogP contribution in [-0.2, 0) is 14.4 Å². The molecule has 32 heavy (non-hydrogen) atoms. The van der Waals surface area contributed by atoms with Crippen molar-refractivity contribution in [1.29, 1.82) is 0 Å². The Hall–Kier alpha value is -1.59. The summed E-state index contributed by atoms with van der Waals surface area (Å²) < 4.78 is 0. The van der Waals surface area contributed by atoms with E-state index >= 15 is 0 Å². The number of unbranched alkanes of at least 4 members (excludes halogenated alkanes) is 12. The number of nitrogens with one attached hydrogen (secondary N) is 2. The third-order valence-electron chi connectivity index (χ3n) is 5.62. The van der Waals surface area contributed by atoms with Crippen molar-refractivity contribution in [2.75, 3.05) is 6.54 Å². The zero-order valence-electron chi connectivity index (χ0n) is 21.3. The number of carboxylic acids is 1. The fraction of sp³-hybridized carbons (Fsp3) is 0.885. The summed E-state index contributed by atoms with van der Waals surface area (Å²) in [4.78, 5) is 35.4. The zero-order chi connectivity index (χ0) is 24.2. The van der Waals surface area contributed by atoms with Gasteiger partial charge in [-0.3, -0.25) is 9.59 Å². The van der Waals surface area contributed by atoms with Crippen LogP contribution in [-0.4, -0.2) is 35.5 Å². The van der Waals surface area contributed by atoms with Crippen molar-refractivity contribution in [3.63, 3.8) is 0 Å². The van der Waals surface area contributed by atoms with Gasteiger partial charge in [-0.25, -0.2) is 4.79 Å². The van der Waals surface area contributed by atoms with Gasteiger partial charge < -0.3 is 15.7 Å². The van der Waals surface area contributed by atoms with Gasteiger partial charge in [0.1, 0.15) is 6.04 Å². The maximum absolute atomic E-state index is 12.1. The molecule has 0 saturated carbocycles. The Labute approximate surface area is 196 Å². The average Bonchev–Trinajstić information content (AvgIpc) is 2.72. The first-order chi connectivity index (χ1) is 15.2. The third kappa shape index (κ3) is 20.3. The van der Waals surface area contributed by atoms with Crippen LogP contribution in [0.5, 0.6) is 0 Å². The topological polar surface area (TPSA) is 95.5 Å². The molecule has 0 heterocycles. The van der Waals surface area contributed by atoms with E-state index in [-0.39, 0.29) is 30.1 Å². The van der Waals surface area contributed by atoms with E-state index in [1.807, 2.05) is 20.8 Å². The molecule has 6 nitrogen and oxygen atoms in total. The quantitative estimate of drug-likeness (QED) is 0.197. The van der Waals surface area contributed by atoms with Crippen LogP contribution in [0.25, 0.3) is 0 Å². The number of hydrogen-bond donors (Lipinski definition) is 3. The van der Waals surface area contributed by atoms with Crippen molar-refractivity contribution in [2.45, 2.75) is 136 Å². The number of carbonyl (C=O) groups is 3. The average molecular weight is 455 g/mol. The highest BCUT2D eigenvalue weighted by Crippen LogP contribution is 2.13. The monoisotopic (exact) mass is 454 g/mol. The van der Waals surface area contributed by atoms with E-state index in [2.05, 4.69) is 17.6 Å². The maximum atomic E-state index is 12.1. The van der Waals surface area contributed by atoms with Crippen LogP contribution in [0.1, 0.15) is 130 Å². The normalized spacial score (nSPS) is 12.4. The highest BCUT2D eigenvalue weighted by atomic mass is 16.4. The second kappa shape index (κ2) is 18.9. The molecule has 0 radical (unpaired) electrons. The molecule has 0 aromatic rings. The molecule has 0 fully saturated rings. The summed E-state index contributed by atoms with van der Waals surface area (Å²) >= 11 is 0. The van der Waals surface area contributed by atoms with Gasteiger partial charge >= 0.3 is 5.97 Å². The fourth-order valence-electron chi connectivity index (χ4n) is 3.55. The Morgan fingerprint density at radius 1 is 0.719 bits per heavy atom. The first-order valence-electron chi connectivity index (χ1n) is 12.9. The van der Waals surface area contributed by atoms with E-state index in [1.54, 1.807) is 0 Å². The molecule has 0 aliphatic heterocycles. The summed E-state index contributed by atoms with van der Waals surface area (Å²) in [5.74, 6) is -1.51. The molecule has 2 amide bonds. The van der Waals surface area contributed by atoms with E-state index in [9.17, 15) is 19.5 Å². The van der Waals surface area contributed by atoms with Crippen molar-refractivity contribution >= 4 is 17.8 Å². The van der Waals surface area contributed by atoms with E-state index in [4.69, 9.17) is 0 Å². The standard InChI is InChI=1S/C26H50N2O4/c1-5-6-7-8-9-10-11-12-13-14-15-16-17-18-24(30)28-22(25(31)32)19-20-23(29)27-21-26(2,3)4/h22H,5-21H2,1-4H3,(H,27,29)(H,28,30)(H,31,32). The lowest BCUT2D eigenvalue weighted by molar-refractivity contribution is -0.142. The Balaban J connectivity index is 3.76. The summed E-state index contributed by atoms with van der Waals surface area (Å²) in [6, 6.07) is -1.01. The number of carbonyl (C=O) groups excluding carboxylic acids is 2.